The summed E-state index contributed by atoms with van der Waals surface area (Å²) in [6, 6.07) is 14.3. The fourth-order valence-electron chi connectivity index (χ4n) is 3.81. The quantitative estimate of drug-likeness (QED) is 0.513. The Balaban J connectivity index is 1.36. The number of piperidine rings is 1. The second-order valence-electron chi connectivity index (χ2n) is 7.83. The summed E-state index contributed by atoms with van der Waals surface area (Å²) in [7, 11) is 0. The van der Waals surface area contributed by atoms with Crippen molar-refractivity contribution in [2.75, 3.05) is 25.0 Å². The SMILES string of the molecule is Fc1cc(F)cc(CCNc2nccc(-c3cccc(CNC4CCNCC4)c3)n2)c1. The van der Waals surface area contributed by atoms with Gasteiger partial charge in [-0.3, -0.25) is 0 Å². The van der Waals surface area contributed by atoms with Crippen LogP contribution in [0.5, 0.6) is 0 Å². The molecule has 31 heavy (non-hydrogen) atoms. The van der Waals surface area contributed by atoms with Gasteiger partial charge in [-0.05, 0) is 67.7 Å². The number of hydrogen-bond donors (Lipinski definition) is 3. The summed E-state index contributed by atoms with van der Waals surface area (Å²) < 4.78 is 26.6. The lowest BCUT2D eigenvalue weighted by Crippen LogP contribution is -2.39. The molecule has 1 saturated heterocycles. The maximum atomic E-state index is 13.3. The van der Waals surface area contributed by atoms with Gasteiger partial charge < -0.3 is 16.0 Å². The average molecular weight is 424 g/mol. The Bertz CT molecular complexity index is 985. The van der Waals surface area contributed by atoms with E-state index in [9.17, 15) is 8.78 Å². The van der Waals surface area contributed by atoms with Crippen molar-refractivity contribution in [1.29, 1.82) is 0 Å². The van der Waals surface area contributed by atoms with Gasteiger partial charge in [0.15, 0.2) is 0 Å². The van der Waals surface area contributed by atoms with E-state index in [0.717, 1.165) is 49.8 Å². The van der Waals surface area contributed by atoms with E-state index in [-0.39, 0.29) is 0 Å². The van der Waals surface area contributed by atoms with E-state index >= 15 is 0 Å². The zero-order valence-corrected chi connectivity index (χ0v) is 17.4. The van der Waals surface area contributed by atoms with Gasteiger partial charge in [-0.15, -0.1) is 0 Å². The second-order valence-corrected chi connectivity index (χ2v) is 7.83. The van der Waals surface area contributed by atoms with Crippen molar-refractivity contribution in [3.05, 3.63) is 77.5 Å². The fourth-order valence-corrected chi connectivity index (χ4v) is 3.81. The third-order valence-corrected chi connectivity index (χ3v) is 5.43. The number of hydrogen-bond acceptors (Lipinski definition) is 5. The van der Waals surface area contributed by atoms with Crippen molar-refractivity contribution in [1.82, 2.24) is 20.6 Å². The normalized spacial score (nSPS) is 14.5. The molecule has 1 aliphatic rings. The minimum atomic E-state index is -0.567. The van der Waals surface area contributed by atoms with Crippen LogP contribution in [0.3, 0.4) is 0 Å². The topological polar surface area (TPSA) is 61.9 Å². The maximum Gasteiger partial charge on any atom is 0.223 e. The van der Waals surface area contributed by atoms with E-state index in [1.807, 2.05) is 18.2 Å². The fraction of sp³-hybridized carbons (Fsp3) is 0.333. The molecule has 0 spiro atoms. The number of nitrogens with zero attached hydrogens (tertiary/aromatic N) is 2. The Labute approximate surface area is 181 Å². The van der Waals surface area contributed by atoms with Gasteiger partial charge in [0.05, 0.1) is 5.69 Å². The van der Waals surface area contributed by atoms with Gasteiger partial charge >= 0.3 is 0 Å². The minimum Gasteiger partial charge on any atom is -0.354 e. The number of nitrogens with one attached hydrogen (secondary N) is 3. The molecule has 162 valence electrons. The van der Waals surface area contributed by atoms with Crippen LogP contribution < -0.4 is 16.0 Å². The molecule has 2 aromatic carbocycles. The smallest absolute Gasteiger partial charge is 0.223 e. The molecule has 0 amide bonds. The molecule has 0 saturated carbocycles. The van der Waals surface area contributed by atoms with Crippen LogP contribution in [-0.4, -0.2) is 35.6 Å². The average Bonchev–Trinajstić information content (AvgIpc) is 2.78. The molecular weight excluding hydrogens is 396 g/mol. The lowest BCUT2D eigenvalue weighted by molar-refractivity contribution is 0.386. The molecule has 1 aliphatic heterocycles. The molecule has 5 nitrogen and oxygen atoms in total. The van der Waals surface area contributed by atoms with Crippen LogP contribution >= 0.6 is 0 Å². The van der Waals surface area contributed by atoms with E-state index in [4.69, 9.17) is 0 Å². The highest BCUT2D eigenvalue weighted by Crippen LogP contribution is 2.19. The van der Waals surface area contributed by atoms with Crippen LogP contribution in [0.1, 0.15) is 24.0 Å². The molecule has 0 radical (unpaired) electrons. The largest absolute Gasteiger partial charge is 0.354 e. The summed E-state index contributed by atoms with van der Waals surface area (Å²) >= 11 is 0. The van der Waals surface area contributed by atoms with E-state index < -0.39 is 11.6 Å². The summed E-state index contributed by atoms with van der Waals surface area (Å²) in [6.07, 6.45) is 4.50. The van der Waals surface area contributed by atoms with Crippen LogP contribution in [0.2, 0.25) is 0 Å². The van der Waals surface area contributed by atoms with Crippen molar-refractivity contribution in [3.8, 4) is 11.3 Å². The van der Waals surface area contributed by atoms with E-state index in [0.29, 0.717) is 30.5 Å². The lowest BCUT2D eigenvalue weighted by Gasteiger charge is -2.23. The first-order chi connectivity index (χ1) is 15.2. The Morgan fingerprint density at radius 1 is 0.968 bits per heavy atom. The van der Waals surface area contributed by atoms with Crippen molar-refractivity contribution >= 4 is 5.95 Å². The molecule has 2 heterocycles. The highest BCUT2D eigenvalue weighted by atomic mass is 19.1. The summed E-state index contributed by atoms with van der Waals surface area (Å²) in [6.45, 7) is 3.45. The second kappa shape index (κ2) is 10.4. The molecule has 1 aromatic heterocycles. The van der Waals surface area contributed by atoms with Crippen LogP contribution in [0.4, 0.5) is 14.7 Å². The summed E-state index contributed by atoms with van der Waals surface area (Å²) in [5.41, 5.74) is 3.67. The van der Waals surface area contributed by atoms with Crippen molar-refractivity contribution in [2.24, 2.45) is 0 Å². The zero-order valence-electron chi connectivity index (χ0n) is 17.4. The van der Waals surface area contributed by atoms with Crippen LogP contribution in [-0.2, 0) is 13.0 Å². The molecule has 0 bridgehead atoms. The summed E-state index contributed by atoms with van der Waals surface area (Å²) in [4.78, 5) is 8.86. The van der Waals surface area contributed by atoms with E-state index in [1.54, 1.807) is 6.20 Å². The molecular formula is C24H27F2N5. The van der Waals surface area contributed by atoms with Gasteiger partial charge in [0.2, 0.25) is 5.95 Å². The molecule has 3 aromatic rings. The first-order valence-corrected chi connectivity index (χ1v) is 10.7. The minimum absolute atomic E-state index is 0.472. The van der Waals surface area contributed by atoms with Crippen LogP contribution in [0.15, 0.2) is 54.7 Å². The third kappa shape index (κ3) is 6.29. The summed E-state index contributed by atoms with van der Waals surface area (Å²) in [5.74, 6) is -0.641. The van der Waals surface area contributed by atoms with Crippen LogP contribution in [0, 0.1) is 11.6 Å². The number of anilines is 1. The monoisotopic (exact) mass is 423 g/mol. The third-order valence-electron chi connectivity index (χ3n) is 5.43. The van der Waals surface area contributed by atoms with Gasteiger partial charge in [-0.25, -0.2) is 18.7 Å². The highest BCUT2D eigenvalue weighted by Gasteiger charge is 2.12. The Kier molecular flexibility index (Phi) is 7.17. The molecule has 0 atom stereocenters. The molecule has 0 aliphatic carbocycles. The van der Waals surface area contributed by atoms with Crippen LogP contribution in [0.25, 0.3) is 11.3 Å². The first kappa shape index (κ1) is 21.3. The Morgan fingerprint density at radius 2 is 1.77 bits per heavy atom. The molecule has 1 fully saturated rings. The predicted molar refractivity (Wildman–Crippen MR) is 119 cm³/mol. The van der Waals surface area contributed by atoms with Crippen molar-refractivity contribution in [3.63, 3.8) is 0 Å². The number of halogens is 2. The van der Waals surface area contributed by atoms with Crippen molar-refractivity contribution < 1.29 is 8.78 Å². The lowest BCUT2D eigenvalue weighted by atomic mass is 10.0. The zero-order chi connectivity index (χ0) is 21.5. The molecule has 7 heteroatoms. The van der Waals surface area contributed by atoms with Gasteiger partial charge in [0.25, 0.3) is 0 Å². The van der Waals surface area contributed by atoms with Crippen molar-refractivity contribution in [2.45, 2.75) is 31.8 Å². The molecule has 4 rings (SSSR count). The number of aromatic nitrogens is 2. The van der Waals surface area contributed by atoms with Gasteiger partial charge in [0.1, 0.15) is 11.6 Å². The van der Waals surface area contributed by atoms with E-state index in [1.165, 1.54) is 17.7 Å². The Morgan fingerprint density at radius 3 is 2.58 bits per heavy atom. The number of benzene rings is 2. The highest BCUT2D eigenvalue weighted by molar-refractivity contribution is 5.60. The van der Waals surface area contributed by atoms with Gasteiger partial charge in [-0.2, -0.15) is 0 Å². The maximum absolute atomic E-state index is 13.3. The Hall–Kier alpha value is -2.90. The summed E-state index contributed by atoms with van der Waals surface area (Å²) in [5, 5.41) is 10.2. The van der Waals surface area contributed by atoms with Gasteiger partial charge in [-0.1, -0.05) is 18.2 Å². The first-order valence-electron chi connectivity index (χ1n) is 10.7. The van der Waals surface area contributed by atoms with E-state index in [2.05, 4.69) is 38.1 Å². The molecule has 0 unspecified atom stereocenters. The predicted octanol–water partition coefficient (Wildman–Crippen LogP) is 3.92. The molecule has 3 N–H and O–H groups in total. The standard InChI is InChI=1S/C24H27F2N5/c25-20-13-17(14-21(26)15-20)4-10-28-24-29-11-7-23(31-24)19-3-1-2-18(12-19)16-30-22-5-8-27-9-6-22/h1-3,7,11-15,22,27,30H,4-6,8-10,16H2,(H,28,29,31). The van der Waals surface area contributed by atoms with Gasteiger partial charge in [0, 0.05) is 37.0 Å². The number of rotatable bonds is 8.